The first kappa shape index (κ1) is 23.7. The number of rotatable bonds is 6. The SMILES string of the molecule is O=C1C(Cl)=C(N2CC[NH+](C(c3ccccc3)c3ccccc3)CC2)C(=O)N1c1cccc([N+](=O)[O-])c1. The van der Waals surface area contributed by atoms with Gasteiger partial charge in [0.15, 0.2) is 0 Å². The molecular formula is C27H24ClN4O4+. The minimum atomic E-state index is -0.668. The van der Waals surface area contributed by atoms with Crippen LogP contribution in [-0.2, 0) is 9.59 Å². The number of benzene rings is 3. The Morgan fingerprint density at radius 1 is 0.833 bits per heavy atom. The zero-order valence-electron chi connectivity index (χ0n) is 19.3. The lowest BCUT2D eigenvalue weighted by Crippen LogP contribution is -3.15. The van der Waals surface area contributed by atoms with Crippen molar-refractivity contribution < 1.29 is 19.4 Å². The first-order valence-electron chi connectivity index (χ1n) is 11.7. The van der Waals surface area contributed by atoms with Crippen molar-refractivity contribution in [2.24, 2.45) is 0 Å². The molecule has 0 aliphatic carbocycles. The summed E-state index contributed by atoms with van der Waals surface area (Å²) in [4.78, 5) is 40.9. The van der Waals surface area contributed by atoms with Crippen molar-refractivity contribution in [3.05, 3.63) is 117 Å². The van der Waals surface area contributed by atoms with E-state index in [0.717, 1.165) is 18.0 Å². The number of non-ortho nitro benzene ring substituents is 1. The summed E-state index contributed by atoms with van der Waals surface area (Å²) in [6.45, 7) is 2.55. The van der Waals surface area contributed by atoms with Gasteiger partial charge in [0.25, 0.3) is 17.5 Å². The monoisotopic (exact) mass is 503 g/mol. The van der Waals surface area contributed by atoms with Crippen LogP contribution < -0.4 is 9.80 Å². The van der Waals surface area contributed by atoms with E-state index in [-0.39, 0.29) is 28.1 Å². The predicted octanol–water partition coefficient (Wildman–Crippen LogP) is 2.91. The molecule has 2 heterocycles. The Balaban J connectivity index is 1.36. The van der Waals surface area contributed by atoms with Gasteiger partial charge in [-0.25, -0.2) is 4.90 Å². The van der Waals surface area contributed by atoms with Gasteiger partial charge in [0.05, 0.1) is 36.8 Å². The van der Waals surface area contributed by atoms with E-state index < -0.39 is 16.7 Å². The standard InChI is InChI=1S/C27H23ClN4O4/c28-23-25(27(34)31(26(23)33)21-12-7-13-22(18-21)32(35)36)30-16-14-29(15-17-30)24(19-8-3-1-4-9-19)20-10-5-2-6-11-20/h1-13,18,24H,14-17H2/p+1. The van der Waals surface area contributed by atoms with Crippen molar-refractivity contribution in [1.29, 1.82) is 0 Å². The lowest BCUT2D eigenvalue weighted by Gasteiger charge is -2.38. The minimum Gasteiger partial charge on any atom is -0.354 e. The second-order valence-electron chi connectivity index (χ2n) is 8.78. The number of amides is 2. The number of nitro benzene ring substituents is 1. The summed E-state index contributed by atoms with van der Waals surface area (Å²) in [6.07, 6.45) is 0. The van der Waals surface area contributed by atoms with Gasteiger partial charge >= 0.3 is 0 Å². The lowest BCUT2D eigenvalue weighted by molar-refractivity contribution is -0.929. The van der Waals surface area contributed by atoms with Crippen molar-refractivity contribution >= 4 is 34.8 Å². The Hall–Kier alpha value is -4.01. The Morgan fingerprint density at radius 3 is 1.97 bits per heavy atom. The maximum absolute atomic E-state index is 13.3. The van der Waals surface area contributed by atoms with Crippen LogP contribution in [0.15, 0.2) is 95.7 Å². The highest BCUT2D eigenvalue weighted by Gasteiger charge is 2.43. The molecule has 1 saturated heterocycles. The first-order chi connectivity index (χ1) is 17.5. The number of carbonyl (C=O) groups excluding carboxylic acids is 2. The van der Waals surface area contributed by atoms with E-state index in [4.69, 9.17) is 11.6 Å². The zero-order chi connectivity index (χ0) is 25.2. The molecule has 0 bridgehead atoms. The minimum absolute atomic E-state index is 0.129. The molecule has 9 heteroatoms. The van der Waals surface area contributed by atoms with Crippen LogP contribution in [0.5, 0.6) is 0 Å². The van der Waals surface area contributed by atoms with Gasteiger partial charge in [-0.2, -0.15) is 0 Å². The summed E-state index contributed by atoms with van der Waals surface area (Å²) < 4.78 is 0. The van der Waals surface area contributed by atoms with Crippen molar-refractivity contribution in [1.82, 2.24) is 4.90 Å². The number of nitrogens with one attached hydrogen (secondary N) is 1. The second-order valence-corrected chi connectivity index (χ2v) is 9.16. The number of carbonyl (C=O) groups is 2. The normalized spacial score (nSPS) is 16.8. The summed E-state index contributed by atoms with van der Waals surface area (Å²) in [5, 5.41) is 11.0. The first-order valence-corrected chi connectivity index (χ1v) is 12.1. The second kappa shape index (κ2) is 9.93. The molecular weight excluding hydrogens is 480 g/mol. The molecule has 182 valence electrons. The summed E-state index contributed by atoms with van der Waals surface area (Å²) in [5.41, 5.74) is 2.51. The molecule has 0 aromatic heterocycles. The van der Waals surface area contributed by atoms with E-state index in [0.29, 0.717) is 13.1 Å². The number of nitro groups is 1. The van der Waals surface area contributed by atoms with Crippen LogP contribution in [0.3, 0.4) is 0 Å². The van der Waals surface area contributed by atoms with Gasteiger partial charge in [-0.05, 0) is 6.07 Å². The van der Waals surface area contributed by atoms with Crippen LogP contribution in [0.2, 0.25) is 0 Å². The molecule has 0 unspecified atom stereocenters. The van der Waals surface area contributed by atoms with Gasteiger partial charge < -0.3 is 9.80 Å². The molecule has 2 aliphatic heterocycles. The molecule has 5 rings (SSSR count). The van der Waals surface area contributed by atoms with E-state index >= 15 is 0 Å². The van der Waals surface area contributed by atoms with Crippen molar-refractivity contribution in [2.75, 3.05) is 31.1 Å². The molecule has 3 aromatic rings. The van der Waals surface area contributed by atoms with Crippen LogP contribution in [0.4, 0.5) is 11.4 Å². The third-order valence-electron chi connectivity index (χ3n) is 6.70. The third kappa shape index (κ3) is 4.36. The third-order valence-corrected chi connectivity index (χ3v) is 7.04. The Kier molecular flexibility index (Phi) is 6.54. The smallest absolute Gasteiger partial charge is 0.283 e. The van der Waals surface area contributed by atoms with E-state index in [1.165, 1.54) is 40.3 Å². The molecule has 1 fully saturated rings. The Bertz CT molecular complexity index is 1300. The quantitative estimate of drug-likeness (QED) is 0.317. The van der Waals surface area contributed by atoms with E-state index in [2.05, 4.69) is 24.3 Å². The number of nitrogens with zero attached hydrogens (tertiary/aromatic N) is 3. The van der Waals surface area contributed by atoms with Gasteiger partial charge in [0, 0.05) is 23.3 Å². The molecule has 36 heavy (non-hydrogen) atoms. The molecule has 8 nitrogen and oxygen atoms in total. The van der Waals surface area contributed by atoms with Gasteiger partial charge in [-0.15, -0.1) is 0 Å². The van der Waals surface area contributed by atoms with Crippen molar-refractivity contribution in [3.63, 3.8) is 0 Å². The van der Waals surface area contributed by atoms with Crippen molar-refractivity contribution in [2.45, 2.75) is 6.04 Å². The predicted molar refractivity (Wildman–Crippen MR) is 135 cm³/mol. The highest BCUT2D eigenvalue weighted by atomic mass is 35.5. The van der Waals surface area contributed by atoms with Crippen LogP contribution >= 0.6 is 11.6 Å². The van der Waals surface area contributed by atoms with Gasteiger partial charge in [-0.3, -0.25) is 19.7 Å². The average molecular weight is 504 g/mol. The number of piperazine rings is 1. The lowest BCUT2D eigenvalue weighted by atomic mass is 9.96. The molecule has 0 saturated carbocycles. The maximum Gasteiger partial charge on any atom is 0.283 e. The number of halogens is 1. The molecule has 3 aromatic carbocycles. The van der Waals surface area contributed by atoms with Crippen LogP contribution in [-0.4, -0.2) is 47.8 Å². The number of anilines is 1. The summed E-state index contributed by atoms with van der Waals surface area (Å²) in [6, 6.07) is 26.3. The van der Waals surface area contributed by atoms with Crippen LogP contribution in [0.25, 0.3) is 0 Å². The Morgan fingerprint density at radius 2 is 1.42 bits per heavy atom. The summed E-state index contributed by atoms with van der Waals surface area (Å²) in [5.74, 6) is -1.23. The topological polar surface area (TPSA) is 88.2 Å². The van der Waals surface area contributed by atoms with Gasteiger partial charge in [0.1, 0.15) is 16.8 Å². The Labute approximate surface area is 213 Å². The van der Waals surface area contributed by atoms with E-state index in [9.17, 15) is 19.7 Å². The number of hydrogen-bond donors (Lipinski definition) is 1. The zero-order valence-corrected chi connectivity index (χ0v) is 20.1. The number of imide groups is 1. The fourth-order valence-corrected chi connectivity index (χ4v) is 5.29. The fraction of sp³-hybridized carbons (Fsp3) is 0.185. The molecule has 2 amide bonds. The van der Waals surface area contributed by atoms with Crippen LogP contribution in [0, 0.1) is 10.1 Å². The molecule has 2 aliphatic rings. The highest BCUT2D eigenvalue weighted by molar-refractivity contribution is 6.52. The van der Waals surface area contributed by atoms with E-state index in [1.54, 1.807) is 0 Å². The van der Waals surface area contributed by atoms with Crippen molar-refractivity contribution in [3.8, 4) is 0 Å². The molecule has 1 N–H and O–H groups in total. The highest BCUT2D eigenvalue weighted by Crippen LogP contribution is 2.32. The fourth-order valence-electron chi connectivity index (χ4n) is 5.01. The number of quaternary nitrogens is 1. The molecule has 0 atom stereocenters. The molecule has 0 radical (unpaired) electrons. The van der Waals surface area contributed by atoms with Crippen LogP contribution in [0.1, 0.15) is 17.2 Å². The summed E-state index contributed by atoms with van der Waals surface area (Å²) >= 11 is 6.38. The summed E-state index contributed by atoms with van der Waals surface area (Å²) in [7, 11) is 0. The number of hydrogen-bond acceptors (Lipinski definition) is 5. The van der Waals surface area contributed by atoms with Gasteiger partial charge in [0.2, 0.25) is 0 Å². The molecule has 0 spiro atoms. The maximum atomic E-state index is 13.3. The van der Waals surface area contributed by atoms with Gasteiger partial charge in [-0.1, -0.05) is 78.3 Å². The van der Waals surface area contributed by atoms with E-state index in [1.807, 2.05) is 41.3 Å². The average Bonchev–Trinajstić information content (AvgIpc) is 3.13. The largest absolute Gasteiger partial charge is 0.354 e.